The van der Waals surface area contributed by atoms with Gasteiger partial charge in [-0.3, -0.25) is 9.80 Å². The van der Waals surface area contributed by atoms with Crippen molar-refractivity contribution in [1.29, 1.82) is 0 Å². The second-order valence-electron chi connectivity index (χ2n) is 12.4. The number of phenols is 1. The van der Waals surface area contributed by atoms with Gasteiger partial charge in [-0.15, -0.1) is 0 Å². The number of methoxy groups -OCH3 is 2. The standard InChI is InChI=1S/C37H40N2O6/c1-38-13-11-24-18-32(42-3)33-20-28(24)29(38)15-22-6-9-27(10-7-22)44-31-17-23(5-8-26(31)21-40)16-30-35-25(12-14-39(30)2)19-34(43-4)36(41)37(35)45-33/h5-10,17-20,29-30,40-41H,11-16,21H2,1-4H3/t29-,30-/m0/s1. The lowest BCUT2D eigenvalue weighted by Gasteiger charge is -2.37. The number of aliphatic hydroxyl groups is 1. The minimum absolute atomic E-state index is 0.0291. The summed E-state index contributed by atoms with van der Waals surface area (Å²) in [7, 11) is 7.49. The van der Waals surface area contributed by atoms with Gasteiger partial charge in [0.15, 0.2) is 23.0 Å². The summed E-state index contributed by atoms with van der Waals surface area (Å²) in [6.45, 7) is 1.65. The maximum atomic E-state index is 11.6. The molecule has 0 fully saturated rings. The van der Waals surface area contributed by atoms with Gasteiger partial charge in [-0.05, 0) is 104 Å². The molecule has 234 valence electrons. The summed E-state index contributed by atoms with van der Waals surface area (Å²) in [5, 5.41) is 21.8. The minimum Gasteiger partial charge on any atom is -0.502 e. The van der Waals surface area contributed by atoms with Gasteiger partial charge in [0.05, 0.1) is 20.8 Å². The first kappa shape index (κ1) is 29.5. The Kier molecular flexibility index (Phi) is 7.81. The number of aromatic hydroxyl groups is 1. The third kappa shape index (κ3) is 5.37. The maximum Gasteiger partial charge on any atom is 0.201 e. The Labute approximate surface area is 264 Å². The van der Waals surface area contributed by atoms with E-state index >= 15 is 0 Å². The number of nitrogens with zero attached hydrogens (tertiary/aromatic N) is 2. The SMILES string of the molecule is COc1cc2c3cc1Oc1c(O)c(OC)cc4c1[C@H](Cc1ccc(CO)c(c1)Oc1ccc(cc1)C[C@@H]3N(C)CC2)N(C)CC4. The molecule has 0 amide bonds. The average molecular weight is 609 g/mol. The van der Waals surface area contributed by atoms with Crippen LogP contribution in [0.1, 0.15) is 51.0 Å². The number of benzene rings is 4. The molecule has 4 aliphatic heterocycles. The van der Waals surface area contributed by atoms with E-state index in [1.165, 1.54) is 16.7 Å². The predicted octanol–water partition coefficient (Wildman–Crippen LogP) is 6.34. The molecule has 0 unspecified atom stereocenters. The summed E-state index contributed by atoms with van der Waals surface area (Å²) >= 11 is 0. The molecule has 2 atom stereocenters. The number of hydrogen-bond donors (Lipinski definition) is 2. The van der Waals surface area contributed by atoms with E-state index in [2.05, 4.69) is 48.2 Å². The molecule has 0 aliphatic carbocycles. The van der Waals surface area contributed by atoms with Gasteiger partial charge in [-0.1, -0.05) is 24.3 Å². The molecule has 4 aliphatic rings. The Morgan fingerprint density at radius 1 is 0.756 bits per heavy atom. The van der Waals surface area contributed by atoms with Crippen LogP contribution in [0.3, 0.4) is 0 Å². The molecule has 2 N–H and O–H groups in total. The Balaban J connectivity index is 1.45. The van der Waals surface area contributed by atoms with E-state index in [-0.39, 0.29) is 24.4 Å². The van der Waals surface area contributed by atoms with Gasteiger partial charge in [-0.25, -0.2) is 0 Å². The second kappa shape index (κ2) is 11.9. The van der Waals surface area contributed by atoms with Crippen molar-refractivity contribution in [2.75, 3.05) is 41.4 Å². The van der Waals surface area contributed by atoms with Crippen LogP contribution in [0.4, 0.5) is 0 Å². The van der Waals surface area contributed by atoms with E-state index in [0.717, 1.165) is 60.4 Å². The molecule has 4 heterocycles. The highest BCUT2D eigenvalue weighted by molar-refractivity contribution is 5.63. The molecule has 0 spiro atoms. The lowest BCUT2D eigenvalue weighted by atomic mass is 9.87. The van der Waals surface area contributed by atoms with Gasteiger partial charge in [0.2, 0.25) is 5.75 Å². The van der Waals surface area contributed by atoms with Gasteiger partial charge in [-0.2, -0.15) is 0 Å². The lowest BCUT2D eigenvalue weighted by molar-refractivity contribution is 0.220. The number of aliphatic hydroxyl groups excluding tert-OH is 1. The van der Waals surface area contributed by atoms with Crippen LogP contribution in [0, 0.1) is 0 Å². The van der Waals surface area contributed by atoms with E-state index in [9.17, 15) is 10.2 Å². The third-order valence-corrected chi connectivity index (χ3v) is 9.74. The number of rotatable bonds is 3. The molecule has 0 saturated heterocycles. The quantitative estimate of drug-likeness (QED) is 0.279. The van der Waals surface area contributed by atoms with Gasteiger partial charge in [0.1, 0.15) is 11.5 Å². The molecule has 6 bridgehead atoms. The summed E-state index contributed by atoms with van der Waals surface area (Å²) in [4.78, 5) is 4.68. The zero-order chi connectivity index (χ0) is 31.2. The van der Waals surface area contributed by atoms with E-state index in [1.54, 1.807) is 14.2 Å². The van der Waals surface area contributed by atoms with Crippen LogP contribution >= 0.6 is 0 Å². The molecule has 4 aromatic carbocycles. The molecule has 8 heteroatoms. The maximum absolute atomic E-state index is 11.6. The van der Waals surface area contributed by atoms with Gasteiger partial charge >= 0.3 is 0 Å². The first-order valence-corrected chi connectivity index (χ1v) is 15.6. The van der Waals surface area contributed by atoms with Gasteiger partial charge in [0.25, 0.3) is 0 Å². The third-order valence-electron chi connectivity index (χ3n) is 9.74. The van der Waals surface area contributed by atoms with Crippen molar-refractivity contribution in [2.24, 2.45) is 0 Å². The summed E-state index contributed by atoms with van der Waals surface area (Å²) in [6, 6.07) is 20.4. The summed E-state index contributed by atoms with van der Waals surface area (Å²) in [5.74, 6) is 3.30. The Morgan fingerprint density at radius 3 is 2.16 bits per heavy atom. The van der Waals surface area contributed by atoms with Crippen molar-refractivity contribution in [3.63, 3.8) is 0 Å². The zero-order valence-corrected chi connectivity index (χ0v) is 26.3. The average Bonchev–Trinajstić information content (AvgIpc) is 3.05. The molecule has 0 aromatic heterocycles. The Bertz CT molecular complexity index is 1740. The molecule has 0 saturated carbocycles. The summed E-state index contributed by atoms with van der Waals surface area (Å²) in [5.41, 5.74) is 7.39. The van der Waals surface area contributed by atoms with E-state index in [1.807, 2.05) is 36.4 Å². The Morgan fingerprint density at radius 2 is 1.42 bits per heavy atom. The number of hydrogen-bond acceptors (Lipinski definition) is 8. The van der Waals surface area contributed by atoms with Crippen molar-refractivity contribution in [3.8, 4) is 40.2 Å². The fourth-order valence-corrected chi connectivity index (χ4v) is 7.12. The fraction of sp³-hybridized carbons (Fsp3) is 0.351. The lowest BCUT2D eigenvalue weighted by Crippen LogP contribution is -2.34. The molecule has 8 rings (SSSR count). The van der Waals surface area contributed by atoms with Gasteiger partial charge in [0, 0.05) is 36.3 Å². The first-order valence-electron chi connectivity index (χ1n) is 15.6. The highest BCUT2D eigenvalue weighted by Crippen LogP contribution is 2.51. The number of ether oxygens (including phenoxy) is 4. The smallest absolute Gasteiger partial charge is 0.201 e. The minimum atomic E-state index is -0.124. The van der Waals surface area contributed by atoms with E-state index < -0.39 is 0 Å². The predicted molar refractivity (Wildman–Crippen MR) is 172 cm³/mol. The largest absolute Gasteiger partial charge is 0.502 e. The molecule has 8 nitrogen and oxygen atoms in total. The van der Waals surface area contributed by atoms with Gasteiger partial charge < -0.3 is 29.2 Å². The van der Waals surface area contributed by atoms with Crippen LogP contribution in [0.15, 0.2) is 60.7 Å². The van der Waals surface area contributed by atoms with Crippen molar-refractivity contribution in [3.05, 3.63) is 99.6 Å². The van der Waals surface area contributed by atoms with Crippen molar-refractivity contribution in [2.45, 2.75) is 44.4 Å². The molecule has 0 radical (unpaired) electrons. The number of likely N-dealkylation sites (N-methyl/N-ethyl adjacent to an activating group) is 2. The number of phenolic OH excluding ortho intramolecular Hbond substituents is 1. The summed E-state index contributed by atoms with van der Waals surface area (Å²) in [6.07, 6.45) is 3.14. The van der Waals surface area contributed by atoms with Crippen molar-refractivity contribution in [1.82, 2.24) is 9.80 Å². The van der Waals surface area contributed by atoms with Crippen molar-refractivity contribution >= 4 is 0 Å². The molecule has 4 aromatic rings. The van der Waals surface area contributed by atoms with Crippen LogP contribution in [0.25, 0.3) is 0 Å². The van der Waals surface area contributed by atoms with Crippen LogP contribution in [-0.2, 0) is 32.3 Å². The topological polar surface area (TPSA) is 83.9 Å². The summed E-state index contributed by atoms with van der Waals surface area (Å²) < 4.78 is 24.7. The van der Waals surface area contributed by atoms with Crippen molar-refractivity contribution < 1.29 is 29.2 Å². The second-order valence-corrected chi connectivity index (χ2v) is 12.4. The molecule has 45 heavy (non-hydrogen) atoms. The Hall–Kier alpha value is -4.24. The zero-order valence-electron chi connectivity index (χ0n) is 26.3. The van der Waals surface area contributed by atoms with Crippen LogP contribution < -0.4 is 18.9 Å². The highest BCUT2D eigenvalue weighted by Gasteiger charge is 2.34. The monoisotopic (exact) mass is 608 g/mol. The first-order chi connectivity index (χ1) is 21.9. The molecular weight excluding hydrogens is 568 g/mol. The van der Waals surface area contributed by atoms with E-state index in [0.29, 0.717) is 35.2 Å². The van der Waals surface area contributed by atoms with E-state index in [4.69, 9.17) is 18.9 Å². The van der Waals surface area contributed by atoms with Crippen LogP contribution in [0.5, 0.6) is 40.2 Å². The fourth-order valence-electron chi connectivity index (χ4n) is 7.12. The highest BCUT2D eigenvalue weighted by atomic mass is 16.5. The van der Waals surface area contributed by atoms with Crippen LogP contribution in [0.2, 0.25) is 0 Å². The number of fused-ring (bicyclic) bond motifs is 2. The molecular formula is C37H40N2O6. The normalized spacial score (nSPS) is 19.5. The van der Waals surface area contributed by atoms with Crippen LogP contribution in [-0.4, -0.2) is 61.4 Å².